The molecule has 0 spiro atoms. The van der Waals surface area contributed by atoms with E-state index in [1.54, 1.807) is 0 Å². The lowest BCUT2D eigenvalue weighted by molar-refractivity contribution is 0.171. The van der Waals surface area contributed by atoms with Crippen LogP contribution in [-0.4, -0.2) is 42.7 Å². The summed E-state index contributed by atoms with van der Waals surface area (Å²) in [5.74, 6) is 1.61. The lowest BCUT2D eigenvalue weighted by atomic mass is 9.87. The van der Waals surface area contributed by atoms with Crippen molar-refractivity contribution in [2.45, 2.75) is 26.2 Å². The molecular weight excluding hydrogens is 484 g/mol. The first-order chi connectivity index (χ1) is 19.2. The summed E-state index contributed by atoms with van der Waals surface area (Å²) in [6.45, 7) is 6.15. The van der Waals surface area contributed by atoms with E-state index in [0.717, 1.165) is 66.0 Å². The number of likely N-dealkylation sites (tertiary alicyclic amines) is 1. The third-order valence-corrected chi connectivity index (χ3v) is 7.71. The third-order valence-electron chi connectivity index (χ3n) is 7.71. The molecule has 1 saturated heterocycles. The molecule has 6 rings (SSSR count). The molecule has 0 saturated carbocycles. The summed E-state index contributed by atoms with van der Waals surface area (Å²) in [4.78, 5) is 17.9. The van der Waals surface area contributed by atoms with Gasteiger partial charge in [0.2, 0.25) is 0 Å². The molecule has 2 aliphatic heterocycles. The Kier molecular flexibility index (Phi) is 7.33. The Bertz CT molecular complexity index is 1590. The molecule has 0 unspecified atom stereocenters. The number of aromatic nitrogens is 1. The third kappa shape index (κ3) is 5.55. The number of pyridine rings is 1. The normalized spacial score (nSPS) is 15.7. The maximum absolute atomic E-state index is 12.4. The molecule has 1 N–H and O–H groups in total. The van der Waals surface area contributed by atoms with Gasteiger partial charge < -0.3 is 14.5 Å². The zero-order chi connectivity index (χ0) is 26.6. The number of rotatable bonds is 6. The van der Waals surface area contributed by atoms with Gasteiger partial charge in [0, 0.05) is 30.7 Å². The molecule has 2 aliphatic rings. The van der Waals surface area contributed by atoms with E-state index in [-0.39, 0.29) is 5.56 Å². The summed E-state index contributed by atoms with van der Waals surface area (Å²) in [5, 5.41) is 1.06. The number of nitrogens with zero attached hydrogens (tertiary/aromatic N) is 1. The highest BCUT2D eigenvalue weighted by molar-refractivity contribution is 5.89. The first-order valence-corrected chi connectivity index (χ1v) is 13.9. The van der Waals surface area contributed by atoms with Gasteiger partial charge in [0.05, 0.1) is 0 Å². The lowest BCUT2D eigenvalue weighted by Gasteiger charge is -2.29. The van der Waals surface area contributed by atoms with Crippen molar-refractivity contribution in [2.75, 3.05) is 32.8 Å². The molecule has 0 bridgehead atoms. The summed E-state index contributed by atoms with van der Waals surface area (Å²) in [5.41, 5.74) is 7.94. The number of aryl methyl sites for hydroxylation is 1. The largest absolute Gasteiger partial charge is 0.486 e. The van der Waals surface area contributed by atoms with Crippen molar-refractivity contribution in [3.05, 3.63) is 117 Å². The van der Waals surface area contributed by atoms with Crippen LogP contribution in [0.15, 0.2) is 89.2 Å². The molecule has 5 heteroatoms. The molecule has 39 heavy (non-hydrogen) atoms. The van der Waals surface area contributed by atoms with E-state index in [9.17, 15) is 4.79 Å². The highest BCUT2D eigenvalue weighted by Crippen LogP contribution is 2.38. The van der Waals surface area contributed by atoms with E-state index in [2.05, 4.69) is 70.6 Å². The van der Waals surface area contributed by atoms with Gasteiger partial charge in [-0.15, -0.1) is 0 Å². The molecule has 0 radical (unpaired) electrons. The second kappa shape index (κ2) is 11.3. The van der Waals surface area contributed by atoms with E-state index in [0.29, 0.717) is 19.6 Å². The van der Waals surface area contributed by atoms with Crippen molar-refractivity contribution in [2.24, 2.45) is 0 Å². The predicted molar refractivity (Wildman–Crippen MR) is 159 cm³/mol. The SMILES string of the molecule is CCc1cc2cc(C(=C3CCN(C/C=C/c4ccccc4)CC3)c3ccc4c(c3)OCCO4)ccc2[nH]c1=O. The highest BCUT2D eigenvalue weighted by atomic mass is 16.6. The van der Waals surface area contributed by atoms with Crippen molar-refractivity contribution in [1.29, 1.82) is 0 Å². The molecule has 1 aromatic heterocycles. The van der Waals surface area contributed by atoms with Gasteiger partial charge >= 0.3 is 0 Å². The molecule has 3 heterocycles. The Labute approximate surface area is 229 Å². The average molecular weight is 519 g/mol. The van der Waals surface area contributed by atoms with Crippen LogP contribution in [0.3, 0.4) is 0 Å². The Balaban J connectivity index is 1.33. The van der Waals surface area contributed by atoms with Gasteiger partial charge in [-0.3, -0.25) is 9.69 Å². The number of hydrogen-bond donors (Lipinski definition) is 1. The predicted octanol–water partition coefficient (Wildman–Crippen LogP) is 6.47. The highest BCUT2D eigenvalue weighted by Gasteiger charge is 2.21. The summed E-state index contributed by atoms with van der Waals surface area (Å²) in [6.07, 6.45) is 7.19. The van der Waals surface area contributed by atoms with Gasteiger partial charge in [-0.1, -0.05) is 67.1 Å². The fourth-order valence-corrected chi connectivity index (χ4v) is 5.60. The van der Waals surface area contributed by atoms with Crippen molar-refractivity contribution >= 4 is 22.6 Å². The number of ether oxygens (including phenoxy) is 2. The van der Waals surface area contributed by atoms with Crippen molar-refractivity contribution in [3.63, 3.8) is 0 Å². The second-order valence-corrected chi connectivity index (χ2v) is 10.2. The molecular formula is C34H34N2O3. The zero-order valence-corrected chi connectivity index (χ0v) is 22.4. The van der Waals surface area contributed by atoms with Crippen LogP contribution in [0.2, 0.25) is 0 Å². The number of H-pyrrole nitrogens is 1. The number of piperidine rings is 1. The number of nitrogens with one attached hydrogen (secondary N) is 1. The van der Waals surface area contributed by atoms with Crippen LogP contribution in [-0.2, 0) is 6.42 Å². The van der Waals surface area contributed by atoms with Crippen LogP contribution in [0, 0.1) is 0 Å². The Morgan fingerprint density at radius 1 is 0.897 bits per heavy atom. The topological polar surface area (TPSA) is 54.6 Å². The van der Waals surface area contributed by atoms with Crippen LogP contribution >= 0.6 is 0 Å². The molecule has 0 atom stereocenters. The molecule has 1 fully saturated rings. The van der Waals surface area contributed by atoms with Crippen LogP contribution < -0.4 is 15.0 Å². The zero-order valence-electron chi connectivity index (χ0n) is 22.4. The molecule has 4 aromatic rings. The fourth-order valence-electron chi connectivity index (χ4n) is 5.60. The fraction of sp³-hybridized carbons (Fsp3) is 0.265. The maximum Gasteiger partial charge on any atom is 0.251 e. The van der Waals surface area contributed by atoms with Crippen molar-refractivity contribution in [1.82, 2.24) is 9.88 Å². The van der Waals surface area contributed by atoms with E-state index in [1.165, 1.54) is 22.3 Å². The quantitative estimate of drug-likeness (QED) is 0.318. The van der Waals surface area contributed by atoms with Gasteiger partial charge in [-0.05, 0) is 77.2 Å². The smallest absolute Gasteiger partial charge is 0.251 e. The molecule has 5 nitrogen and oxygen atoms in total. The minimum absolute atomic E-state index is 0.00292. The van der Waals surface area contributed by atoms with Crippen LogP contribution in [0.1, 0.15) is 42.0 Å². The van der Waals surface area contributed by atoms with Crippen LogP contribution in [0.4, 0.5) is 0 Å². The van der Waals surface area contributed by atoms with Gasteiger partial charge in [-0.2, -0.15) is 0 Å². The van der Waals surface area contributed by atoms with Gasteiger partial charge in [0.15, 0.2) is 11.5 Å². The second-order valence-electron chi connectivity index (χ2n) is 10.2. The van der Waals surface area contributed by atoms with E-state index in [4.69, 9.17) is 9.47 Å². The minimum Gasteiger partial charge on any atom is -0.486 e. The first-order valence-electron chi connectivity index (χ1n) is 13.9. The standard InChI is InChI=1S/C34H34N2O3/c1-2-25-21-29-22-27(10-12-30(29)35-34(25)37)33(28-11-13-31-32(23-28)39-20-19-38-31)26-14-17-36(18-15-26)16-6-9-24-7-4-3-5-8-24/h3-13,21-23H,2,14-20H2,1H3,(H,35,37)/b9-6+. The maximum atomic E-state index is 12.4. The van der Waals surface area contributed by atoms with E-state index < -0.39 is 0 Å². The summed E-state index contributed by atoms with van der Waals surface area (Å²) < 4.78 is 11.7. The Morgan fingerprint density at radius 2 is 1.64 bits per heavy atom. The molecule has 3 aromatic carbocycles. The summed E-state index contributed by atoms with van der Waals surface area (Å²) in [6, 6.07) is 25.2. The van der Waals surface area contributed by atoms with Crippen LogP contribution in [0.5, 0.6) is 11.5 Å². The Hall–Kier alpha value is -4.09. The first kappa shape index (κ1) is 25.2. The molecule has 198 valence electrons. The molecule has 0 aliphatic carbocycles. The average Bonchev–Trinajstić information content (AvgIpc) is 2.98. The number of benzene rings is 3. The van der Waals surface area contributed by atoms with E-state index in [1.807, 2.05) is 31.2 Å². The van der Waals surface area contributed by atoms with Gasteiger partial charge in [0.25, 0.3) is 5.56 Å². The summed E-state index contributed by atoms with van der Waals surface area (Å²) in [7, 11) is 0. The summed E-state index contributed by atoms with van der Waals surface area (Å²) >= 11 is 0. The number of aromatic amines is 1. The number of fused-ring (bicyclic) bond motifs is 2. The van der Waals surface area contributed by atoms with E-state index >= 15 is 0 Å². The lowest BCUT2D eigenvalue weighted by Crippen LogP contribution is -2.31. The monoisotopic (exact) mass is 518 g/mol. The minimum atomic E-state index is -0.00292. The van der Waals surface area contributed by atoms with Gasteiger partial charge in [-0.25, -0.2) is 0 Å². The van der Waals surface area contributed by atoms with Crippen molar-refractivity contribution < 1.29 is 9.47 Å². The van der Waals surface area contributed by atoms with Crippen molar-refractivity contribution in [3.8, 4) is 11.5 Å². The number of hydrogen-bond acceptors (Lipinski definition) is 4. The molecule has 0 amide bonds. The van der Waals surface area contributed by atoms with Gasteiger partial charge in [0.1, 0.15) is 13.2 Å². The van der Waals surface area contributed by atoms with Crippen LogP contribution in [0.25, 0.3) is 22.6 Å². The Morgan fingerprint density at radius 3 is 2.44 bits per heavy atom.